The van der Waals surface area contributed by atoms with Crippen LogP contribution in [0.4, 0.5) is 5.82 Å². The molecule has 2 aliphatic heterocycles. The van der Waals surface area contributed by atoms with Crippen molar-refractivity contribution >= 4 is 22.6 Å². The minimum absolute atomic E-state index is 0.0970. The van der Waals surface area contributed by atoms with Crippen molar-refractivity contribution in [3.8, 4) is 0 Å². The topological polar surface area (TPSA) is 87.6 Å². The van der Waals surface area contributed by atoms with Gasteiger partial charge in [0.2, 0.25) is 0 Å². The molecule has 7 heteroatoms. The maximum Gasteiger partial charge on any atom is 0.325 e. The van der Waals surface area contributed by atoms with Crippen molar-refractivity contribution in [1.82, 2.24) is 14.9 Å². The molecule has 3 aromatic rings. The van der Waals surface area contributed by atoms with Crippen LogP contribution in [0.1, 0.15) is 59.8 Å². The van der Waals surface area contributed by atoms with E-state index >= 15 is 0 Å². The highest BCUT2D eigenvalue weighted by Gasteiger charge is 2.38. The number of hydrogen-bond donors (Lipinski definition) is 2. The van der Waals surface area contributed by atoms with Gasteiger partial charge in [-0.1, -0.05) is 24.1 Å². The van der Waals surface area contributed by atoms with Crippen molar-refractivity contribution in [1.29, 1.82) is 0 Å². The van der Waals surface area contributed by atoms with Crippen molar-refractivity contribution < 1.29 is 14.6 Å². The molecule has 5 rings (SSSR count). The summed E-state index contributed by atoms with van der Waals surface area (Å²) >= 11 is 0. The average molecular weight is 489 g/mol. The molecule has 36 heavy (non-hydrogen) atoms. The Labute approximate surface area is 212 Å². The van der Waals surface area contributed by atoms with Crippen molar-refractivity contribution in [2.45, 2.75) is 64.5 Å². The van der Waals surface area contributed by atoms with Gasteiger partial charge in [-0.25, -0.2) is 4.98 Å². The molecule has 2 N–H and O–H groups in total. The molecule has 2 aliphatic rings. The van der Waals surface area contributed by atoms with E-state index in [1.54, 1.807) is 6.20 Å². The molecule has 1 aromatic carbocycles. The number of carbonyl (C=O) groups is 1. The fraction of sp³-hybridized carbons (Fsp3) is 0.483. The zero-order valence-electron chi connectivity index (χ0n) is 21.3. The summed E-state index contributed by atoms with van der Waals surface area (Å²) in [6, 6.07) is 9.73. The Bertz CT molecular complexity index is 1240. The molecule has 1 saturated heterocycles. The lowest BCUT2D eigenvalue weighted by Crippen LogP contribution is -2.55. The summed E-state index contributed by atoms with van der Waals surface area (Å²) in [5, 5.41) is 15.5. The van der Waals surface area contributed by atoms with Gasteiger partial charge in [0.15, 0.2) is 0 Å². The van der Waals surface area contributed by atoms with E-state index in [4.69, 9.17) is 9.72 Å². The van der Waals surface area contributed by atoms with Crippen LogP contribution < -0.4 is 5.32 Å². The van der Waals surface area contributed by atoms with Gasteiger partial charge in [0, 0.05) is 49.2 Å². The predicted molar refractivity (Wildman–Crippen MR) is 142 cm³/mol. The van der Waals surface area contributed by atoms with Crippen LogP contribution in [0, 0.1) is 13.8 Å². The SMILES string of the molecule is Cc1cc(C(C(=O)O)N2CC(OCCCCCc3ccc4c(n3)NCCC4)C2)c2ccnc(C)c2c1. The van der Waals surface area contributed by atoms with Gasteiger partial charge in [0.1, 0.15) is 11.9 Å². The third kappa shape index (κ3) is 5.37. The Morgan fingerprint density at radius 3 is 2.86 bits per heavy atom. The lowest BCUT2D eigenvalue weighted by Gasteiger charge is -2.42. The summed E-state index contributed by atoms with van der Waals surface area (Å²) in [5.74, 6) is 0.252. The number of unbranched alkanes of at least 4 members (excludes halogenated alkanes) is 2. The van der Waals surface area contributed by atoms with E-state index in [1.807, 2.05) is 30.9 Å². The first-order valence-corrected chi connectivity index (χ1v) is 13.2. The van der Waals surface area contributed by atoms with Crippen molar-refractivity contribution in [2.75, 3.05) is 31.6 Å². The van der Waals surface area contributed by atoms with E-state index < -0.39 is 12.0 Å². The Hall–Kier alpha value is -3.03. The summed E-state index contributed by atoms with van der Waals surface area (Å²) in [7, 11) is 0. The molecule has 2 aromatic heterocycles. The van der Waals surface area contributed by atoms with Gasteiger partial charge in [-0.3, -0.25) is 14.7 Å². The molecular weight excluding hydrogens is 452 g/mol. The Balaban J connectivity index is 1.08. The van der Waals surface area contributed by atoms with Gasteiger partial charge in [0.25, 0.3) is 0 Å². The molecule has 0 amide bonds. The number of nitrogens with one attached hydrogen (secondary N) is 1. The average Bonchev–Trinajstić information content (AvgIpc) is 2.84. The fourth-order valence-corrected chi connectivity index (χ4v) is 5.45. The number of likely N-dealkylation sites (tertiary alicyclic amines) is 1. The number of anilines is 1. The van der Waals surface area contributed by atoms with E-state index in [-0.39, 0.29) is 6.10 Å². The van der Waals surface area contributed by atoms with Crippen molar-refractivity contribution in [2.24, 2.45) is 0 Å². The second-order valence-corrected chi connectivity index (χ2v) is 10.2. The van der Waals surface area contributed by atoms with Crippen LogP contribution in [-0.4, -0.2) is 58.3 Å². The lowest BCUT2D eigenvalue weighted by atomic mass is 9.93. The van der Waals surface area contributed by atoms with Gasteiger partial charge in [0.05, 0.1) is 6.10 Å². The highest BCUT2D eigenvalue weighted by Crippen LogP contribution is 2.34. The zero-order chi connectivity index (χ0) is 25.1. The van der Waals surface area contributed by atoms with Gasteiger partial charge < -0.3 is 15.2 Å². The van der Waals surface area contributed by atoms with Crippen molar-refractivity contribution in [3.63, 3.8) is 0 Å². The second kappa shape index (κ2) is 10.9. The molecule has 0 aliphatic carbocycles. The number of nitrogens with zero attached hydrogens (tertiary/aromatic N) is 3. The third-order valence-electron chi connectivity index (χ3n) is 7.41. The molecule has 0 radical (unpaired) electrons. The van der Waals surface area contributed by atoms with Gasteiger partial charge >= 0.3 is 5.97 Å². The van der Waals surface area contributed by atoms with Crippen LogP contribution in [0.3, 0.4) is 0 Å². The third-order valence-corrected chi connectivity index (χ3v) is 7.41. The normalized spacial score (nSPS) is 16.8. The molecular formula is C29H36N4O3. The van der Waals surface area contributed by atoms with Crippen LogP contribution in [0.25, 0.3) is 10.8 Å². The molecule has 4 heterocycles. The quantitative estimate of drug-likeness (QED) is 0.395. The number of carboxylic acids is 1. The summed E-state index contributed by atoms with van der Waals surface area (Å²) in [4.78, 5) is 23.5. The number of aromatic nitrogens is 2. The number of aliphatic carboxylic acids is 1. The van der Waals surface area contributed by atoms with Crippen molar-refractivity contribution in [3.05, 3.63) is 64.6 Å². The molecule has 190 valence electrons. The van der Waals surface area contributed by atoms with Crippen LogP contribution in [0.15, 0.2) is 36.5 Å². The maximum atomic E-state index is 12.3. The van der Waals surface area contributed by atoms with Crippen LogP contribution >= 0.6 is 0 Å². The number of benzene rings is 1. The molecule has 1 unspecified atom stereocenters. The van der Waals surface area contributed by atoms with E-state index in [9.17, 15) is 9.90 Å². The van der Waals surface area contributed by atoms with Gasteiger partial charge in [-0.05, 0) is 80.7 Å². The Morgan fingerprint density at radius 2 is 2.03 bits per heavy atom. The van der Waals surface area contributed by atoms with Crippen LogP contribution in [0.5, 0.6) is 0 Å². The molecule has 1 atom stereocenters. The minimum atomic E-state index is -0.819. The first-order chi connectivity index (χ1) is 17.5. The standard InChI is InChI=1S/C29H36N4O3/c1-19-15-25-20(2)30-13-11-24(25)26(16-19)27(29(34)35)33-17-23(18-33)36-14-5-3-4-8-22-10-9-21-7-6-12-31-28(21)32-22/h9-11,13,15-16,23,27H,3-8,12,14,17-18H2,1-2H3,(H,31,32)(H,34,35). The summed E-state index contributed by atoms with van der Waals surface area (Å²) in [5.41, 5.74) is 5.31. The smallest absolute Gasteiger partial charge is 0.325 e. The number of aryl methyl sites for hydroxylation is 4. The van der Waals surface area contributed by atoms with E-state index in [0.717, 1.165) is 77.8 Å². The maximum absolute atomic E-state index is 12.3. The lowest BCUT2D eigenvalue weighted by molar-refractivity contribution is -0.150. The first-order valence-electron chi connectivity index (χ1n) is 13.2. The number of rotatable bonds is 10. The number of fused-ring (bicyclic) bond motifs is 2. The highest BCUT2D eigenvalue weighted by atomic mass is 16.5. The zero-order valence-corrected chi connectivity index (χ0v) is 21.3. The number of carboxylic acid groups (broad SMARTS) is 1. The number of pyridine rings is 2. The second-order valence-electron chi connectivity index (χ2n) is 10.2. The fourth-order valence-electron chi connectivity index (χ4n) is 5.45. The van der Waals surface area contributed by atoms with Gasteiger partial charge in [-0.15, -0.1) is 0 Å². The monoisotopic (exact) mass is 488 g/mol. The van der Waals surface area contributed by atoms with Crippen LogP contribution in [-0.2, 0) is 22.4 Å². The molecule has 0 bridgehead atoms. The predicted octanol–water partition coefficient (Wildman–Crippen LogP) is 4.84. The largest absolute Gasteiger partial charge is 0.480 e. The molecule has 7 nitrogen and oxygen atoms in total. The first kappa shape index (κ1) is 24.7. The molecule has 0 saturated carbocycles. The Kier molecular flexibility index (Phi) is 7.48. The number of ether oxygens (including phenoxy) is 1. The summed E-state index contributed by atoms with van der Waals surface area (Å²) in [6.45, 7) is 6.99. The van der Waals surface area contributed by atoms with Gasteiger partial charge in [-0.2, -0.15) is 0 Å². The summed E-state index contributed by atoms with van der Waals surface area (Å²) in [6.07, 6.45) is 8.37. The minimum Gasteiger partial charge on any atom is -0.480 e. The van der Waals surface area contributed by atoms with E-state index in [0.29, 0.717) is 19.7 Å². The summed E-state index contributed by atoms with van der Waals surface area (Å²) < 4.78 is 6.06. The number of hydrogen-bond acceptors (Lipinski definition) is 6. The highest BCUT2D eigenvalue weighted by molar-refractivity contribution is 5.92. The Morgan fingerprint density at radius 1 is 1.17 bits per heavy atom. The van der Waals surface area contributed by atoms with Crippen LogP contribution in [0.2, 0.25) is 0 Å². The van der Waals surface area contributed by atoms with E-state index in [1.165, 1.54) is 12.0 Å². The van der Waals surface area contributed by atoms with E-state index in [2.05, 4.69) is 28.5 Å². The molecule has 0 spiro atoms. The molecule has 1 fully saturated rings.